The van der Waals surface area contributed by atoms with Gasteiger partial charge in [-0.2, -0.15) is 5.10 Å². The van der Waals surface area contributed by atoms with Crippen molar-refractivity contribution in [1.82, 2.24) is 15.0 Å². The molecule has 118 valence electrons. The van der Waals surface area contributed by atoms with Crippen LogP contribution >= 0.6 is 0 Å². The first-order valence-electron chi connectivity index (χ1n) is 7.10. The molecule has 2 heterocycles. The van der Waals surface area contributed by atoms with E-state index < -0.39 is 10.0 Å². The van der Waals surface area contributed by atoms with Gasteiger partial charge in [-0.15, -0.1) is 0 Å². The highest BCUT2D eigenvalue weighted by Gasteiger charge is 2.25. The number of carbonyl (C=O) groups excluding carboxylic acids is 2. The number of hydrogen-bond donors (Lipinski definition) is 2. The highest BCUT2D eigenvalue weighted by molar-refractivity contribution is 7.89. The largest absolute Gasteiger partial charge is 0.351 e. The zero-order chi connectivity index (χ0) is 15.3. The fourth-order valence-electron chi connectivity index (χ4n) is 2.29. The summed E-state index contributed by atoms with van der Waals surface area (Å²) in [5.74, 6) is -0.283. The summed E-state index contributed by atoms with van der Waals surface area (Å²) in [7, 11) is -3.10. The molecule has 0 radical (unpaired) electrons. The molecule has 0 spiro atoms. The summed E-state index contributed by atoms with van der Waals surface area (Å²) in [6, 6.07) is 0. The molecule has 8 nitrogen and oxygen atoms in total. The van der Waals surface area contributed by atoms with Crippen LogP contribution in [-0.4, -0.2) is 55.6 Å². The maximum atomic E-state index is 11.8. The Morgan fingerprint density at radius 2 is 2.14 bits per heavy atom. The van der Waals surface area contributed by atoms with E-state index in [1.807, 2.05) is 0 Å². The molecule has 2 aliphatic heterocycles. The van der Waals surface area contributed by atoms with Crippen LogP contribution in [0.2, 0.25) is 0 Å². The number of carbonyl (C=O) groups is 2. The Morgan fingerprint density at radius 3 is 2.81 bits per heavy atom. The van der Waals surface area contributed by atoms with Crippen LogP contribution in [0.5, 0.6) is 0 Å². The third kappa shape index (κ3) is 4.50. The Balaban J connectivity index is 1.70. The third-order valence-corrected chi connectivity index (χ3v) is 5.45. The van der Waals surface area contributed by atoms with Crippen molar-refractivity contribution in [3.8, 4) is 0 Å². The molecule has 2 rings (SSSR count). The van der Waals surface area contributed by atoms with Crippen LogP contribution in [0.3, 0.4) is 0 Å². The SMILES string of the molecule is O=C1CCC(C(=O)NCCCN2CCCCS2(=O)=O)=NN1. The zero-order valence-corrected chi connectivity index (χ0v) is 12.6. The van der Waals surface area contributed by atoms with Crippen LogP contribution < -0.4 is 10.7 Å². The molecular formula is C12H20N4O4S. The van der Waals surface area contributed by atoms with E-state index in [2.05, 4.69) is 15.8 Å². The van der Waals surface area contributed by atoms with Crippen molar-refractivity contribution in [1.29, 1.82) is 0 Å². The Labute approximate surface area is 124 Å². The Kier molecular flexibility index (Phi) is 5.29. The highest BCUT2D eigenvalue weighted by atomic mass is 32.2. The minimum absolute atomic E-state index is 0.193. The van der Waals surface area contributed by atoms with Gasteiger partial charge in [0.25, 0.3) is 5.91 Å². The number of nitrogens with zero attached hydrogens (tertiary/aromatic N) is 2. The van der Waals surface area contributed by atoms with E-state index in [9.17, 15) is 18.0 Å². The number of sulfonamides is 1. The molecule has 0 aromatic carbocycles. The maximum absolute atomic E-state index is 11.8. The van der Waals surface area contributed by atoms with Crippen LogP contribution in [0, 0.1) is 0 Å². The Morgan fingerprint density at radius 1 is 1.33 bits per heavy atom. The molecule has 0 bridgehead atoms. The quantitative estimate of drug-likeness (QED) is 0.646. The van der Waals surface area contributed by atoms with Crippen LogP contribution in [0.15, 0.2) is 5.10 Å². The van der Waals surface area contributed by atoms with Crippen LogP contribution in [-0.2, 0) is 19.6 Å². The van der Waals surface area contributed by atoms with Crippen LogP contribution in [0.1, 0.15) is 32.1 Å². The fourth-order valence-corrected chi connectivity index (χ4v) is 3.93. The predicted octanol–water partition coefficient (Wildman–Crippen LogP) is -0.816. The molecule has 2 N–H and O–H groups in total. The van der Waals surface area contributed by atoms with Gasteiger partial charge < -0.3 is 5.32 Å². The van der Waals surface area contributed by atoms with E-state index in [1.165, 1.54) is 4.31 Å². The van der Waals surface area contributed by atoms with Crippen molar-refractivity contribution in [2.24, 2.45) is 5.10 Å². The number of nitrogens with one attached hydrogen (secondary N) is 2. The number of hydrazone groups is 1. The summed E-state index contributed by atoms with van der Waals surface area (Å²) in [4.78, 5) is 22.7. The molecule has 0 saturated carbocycles. The summed E-state index contributed by atoms with van der Waals surface area (Å²) in [6.45, 7) is 1.37. The molecule has 0 unspecified atom stereocenters. The Hall–Kier alpha value is -1.48. The van der Waals surface area contributed by atoms with E-state index in [0.29, 0.717) is 38.2 Å². The van der Waals surface area contributed by atoms with E-state index in [-0.39, 0.29) is 24.0 Å². The van der Waals surface area contributed by atoms with Crippen LogP contribution in [0.4, 0.5) is 0 Å². The van der Waals surface area contributed by atoms with E-state index in [1.54, 1.807) is 0 Å². The third-order valence-electron chi connectivity index (χ3n) is 3.49. The van der Waals surface area contributed by atoms with Crippen molar-refractivity contribution in [3.63, 3.8) is 0 Å². The molecule has 0 aromatic heterocycles. The second kappa shape index (κ2) is 6.99. The van der Waals surface area contributed by atoms with Crippen molar-refractivity contribution < 1.29 is 18.0 Å². The second-order valence-corrected chi connectivity index (χ2v) is 7.21. The molecule has 0 atom stereocenters. The predicted molar refractivity (Wildman–Crippen MR) is 77.0 cm³/mol. The van der Waals surface area contributed by atoms with Gasteiger partial charge in [-0.3, -0.25) is 9.59 Å². The van der Waals surface area contributed by atoms with Gasteiger partial charge in [0.05, 0.1) is 5.75 Å². The molecule has 1 saturated heterocycles. The molecule has 0 aliphatic carbocycles. The van der Waals surface area contributed by atoms with Gasteiger partial charge in [-0.25, -0.2) is 18.1 Å². The summed E-state index contributed by atoms with van der Waals surface area (Å²) in [5.41, 5.74) is 2.57. The first kappa shape index (κ1) is 15.9. The van der Waals surface area contributed by atoms with Crippen LogP contribution in [0.25, 0.3) is 0 Å². The van der Waals surface area contributed by atoms with E-state index in [4.69, 9.17) is 0 Å². The average Bonchev–Trinajstić information content (AvgIpc) is 2.45. The number of rotatable bonds is 5. The van der Waals surface area contributed by atoms with Gasteiger partial charge in [-0.1, -0.05) is 0 Å². The van der Waals surface area contributed by atoms with Gasteiger partial charge >= 0.3 is 0 Å². The summed E-state index contributed by atoms with van der Waals surface area (Å²) in [6.07, 6.45) is 2.77. The summed E-state index contributed by atoms with van der Waals surface area (Å²) >= 11 is 0. The van der Waals surface area contributed by atoms with E-state index >= 15 is 0 Å². The molecule has 1 fully saturated rings. The standard InChI is InChI=1S/C12H20N4O4S/c17-11-5-4-10(14-15-11)12(18)13-6-3-8-16-7-1-2-9-21(16,19)20/h1-9H2,(H,13,18)(H,15,17). The van der Waals surface area contributed by atoms with Crippen molar-refractivity contribution in [3.05, 3.63) is 0 Å². The molecule has 2 aliphatic rings. The maximum Gasteiger partial charge on any atom is 0.267 e. The van der Waals surface area contributed by atoms with Gasteiger partial charge in [0.1, 0.15) is 5.71 Å². The minimum atomic E-state index is -3.10. The molecule has 2 amide bonds. The van der Waals surface area contributed by atoms with Crippen molar-refractivity contribution >= 4 is 27.5 Å². The lowest BCUT2D eigenvalue weighted by atomic mass is 10.1. The van der Waals surface area contributed by atoms with Gasteiger partial charge in [0.15, 0.2) is 0 Å². The Bertz CT molecular complexity index is 543. The monoisotopic (exact) mass is 316 g/mol. The number of amides is 2. The van der Waals surface area contributed by atoms with E-state index in [0.717, 1.165) is 12.8 Å². The van der Waals surface area contributed by atoms with Crippen molar-refractivity contribution in [2.75, 3.05) is 25.4 Å². The number of hydrogen-bond acceptors (Lipinski definition) is 5. The summed E-state index contributed by atoms with van der Waals surface area (Å²) < 4.78 is 25.0. The second-order valence-electron chi connectivity index (χ2n) is 5.13. The first-order chi connectivity index (χ1) is 9.99. The lowest BCUT2D eigenvalue weighted by Gasteiger charge is -2.26. The smallest absolute Gasteiger partial charge is 0.267 e. The van der Waals surface area contributed by atoms with Crippen molar-refractivity contribution in [2.45, 2.75) is 32.1 Å². The lowest BCUT2D eigenvalue weighted by Crippen LogP contribution is -2.41. The average molecular weight is 316 g/mol. The fraction of sp³-hybridized carbons (Fsp3) is 0.750. The minimum Gasteiger partial charge on any atom is -0.351 e. The molecule has 9 heteroatoms. The molecule has 0 aromatic rings. The van der Waals surface area contributed by atoms with Gasteiger partial charge in [0, 0.05) is 32.5 Å². The normalized spacial score (nSPS) is 22.3. The molecule has 21 heavy (non-hydrogen) atoms. The molecular weight excluding hydrogens is 296 g/mol. The first-order valence-corrected chi connectivity index (χ1v) is 8.71. The zero-order valence-electron chi connectivity index (χ0n) is 11.8. The topological polar surface area (TPSA) is 108 Å². The highest BCUT2D eigenvalue weighted by Crippen LogP contribution is 2.13. The summed E-state index contributed by atoms with van der Waals surface area (Å²) in [5, 5.41) is 6.39. The van der Waals surface area contributed by atoms with Gasteiger partial charge in [-0.05, 0) is 19.3 Å². The van der Waals surface area contributed by atoms with Gasteiger partial charge in [0.2, 0.25) is 15.9 Å². The lowest BCUT2D eigenvalue weighted by molar-refractivity contribution is -0.121.